The van der Waals surface area contributed by atoms with E-state index in [0.29, 0.717) is 6.42 Å². The van der Waals surface area contributed by atoms with Gasteiger partial charge < -0.3 is 20.3 Å². The highest BCUT2D eigenvalue weighted by atomic mass is 127. The number of halogens is 1. The summed E-state index contributed by atoms with van der Waals surface area (Å²) in [6, 6.07) is -1.13. The van der Waals surface area contributed by atoms with Crippen molar-refractivity contribution in [3.8, 4) is 0 Å². The molecule has 0 saturated heterocycles. The molecule has 8 heteroatoms. The van der Waals surface area contributed by atoms with Gasteiger partial charge in [0.05, 0.1) is 0 Å². The highest BCUT2D eigenvalue weighted by molar-refractivity contribution is 14.1. The third-order valence-corrected chi connectivity index (χ3v) is 4.67. The lowest BCUT2D eigenvalue weighted by atomic mass is 9.83. The molecule has 132 valence electrons. The van der Waals surface area contributed by atoms with E-state index in [1.54, 1.807) is 20.8 Å². The van der Waals surface area contributed by atoms with Gasteiger partial charge in [0, 0.05) is 11.8 Å². The Morgan fingerprint density at radius 2 is 1.61 bits per heavy atom. The van der Waals surface area contributed by atoms with Crippen LogP contribution in [0.5, 0.6) is 0 Å². The number of hydrogen-bond acceptors (Lipinski definition) is 4. The number of nitrogens with one attached hydrogen (secondary N) is 1. The summed E-state index contributed by atoms with van der Waals surface area (Å²) in [5.74, 6) is -2.77. The molecule has 7 nitrogen and oxygen atoms in total. The molecule has 1 unspecified atom stereocenters. The predicted molar refractivity (Wildman–Crippen MR) is 92.6 cm³/mol. The van der Waals surface area contributed by atoms with Crippen LogP contribution in [0.15, 0.2) is 0 Å². The van der Waals surface area contributed by atoms with Crippen molar-refractivity contribution >= 4 is 46.2 Å². The van der Waals surface area contributed by atoms with Gasteiger partial charge in [0.1, 0.15) is 15.2 Å². The second-order valence-corrected chi connectivity index (χ2v) is 8.87. The smallest absolute Gasteiger partial charge is 0.326 e. The van der Waals surface area contributed by atoms with E-state index in [1.807, 2.05) is 22.6 Å². The molecule has 0 aromatic carbocycles. The van der Waals surface area contributed by atoms with Crippen LogP contribution in [0, 0.1) is 5.41 Å². The number of aliphatic carboxylic acids is 2. The molecule has 0 aliphatic heterocycles. The molecular weight excluding hydrogens is 417 g/mol. The maximum Gasteiger partial charge on any atom is 0.326 e. The van der Waals surface area contributed by atoms with Crippen LogP contribution >= 0.6 is 22.6 Å². The van der Waals surface area contributed by atoms with Crippen LogP contribution in [-0.4, -0.2) is 43.3 Å². The van der Waals surface area contributed by atoms with Gasteiger partial charge in [-0.3, -0.25) is 9.59 Å². The van der Waals surface area contributed by atoms with Crippen molar-refractivity contribution in [2.45, 2.75) is 62.8 Å². The lowest BCUT2D eigenvalue weighted by molar-refractivity contribution is -0.144. The van der Waals surface area contributed by atoms with Gasteiger partial charge in [-0.25, -0.2) is 4.79 Å². The van der Waals surface area contributed by atoms with Crippen molar-refractivity contribution in [2.75, 3.05) is 0 Å². The summed E-state index contributed by atoms with van der Waals surface area (Å²) in [7, 11) is 0. The Balaban J connectivity index is 4.79. The first-order chi connectivity index (χ1) is 10.3. The van der Waals surface area contributed by atoms with Crippen molar-refractivity contribution in [3.05, 3.63) is 0 Å². The molecule has 0 aromatic heterocycles. The predicted octanol–water partition coefficient (Wildman–Crippen LogP) is 2.01. The Labute approximate surface area is 149 Å². The van der Waals surface area contributed by atoms with Crippen LogP contribution in [0.1, 0.15) is 53.4 Å². The Hall–Kier alpha value is -1.19. The zero-order valence-corrected chi connectivity index (χ0v) is 16.0. The number of carboxylic acid groups (broad SMARTS) is 2. The highest BCUT2D eigenvalue weighted by Gasteiger charge is 2.36. The summed E-state index contributed by atoms with van der Waals surface area (Å²) in [5, 5.41) is 20.7. The minimum absolute atomic E-state index is 0.0333. The van der Waals surface area contributed by atoms with Crippen LogP contribution in [0.4, 0.5) is 0 Å². The van der Waals surface area contributed by atoms with E-state index in [0.717, 1.165) is 0 Å². The average molecular weight is 441 g/mol. The van der Waals surface area contributed by atoms with Crippen molar-refractivity contribution in [1.82, 2.24) is 5.32 Å². The number of amides is 1. The topological polar surface area (TPSA) is 121 Å². The van der Waals surface area contributed by atoms with E-state index >= 15 is 0 Å². The van der Waals surface area contributed by atoms with E-state index in [2.05, 4.69) is 5.32 Å². The minimum atomic E-state index is -1.19. The number of rotatable bonds is 10. The minimum Gasteiger partial charge on any atom is -0.480 e. The molecule has 0 aromatic rings. The summed E-state index contributed by atoms with van der Waals surface area (Å²) in [5.41, 5.74) is -0.911. The normalized spacial score (nSPS) is 15.3. The fraction of sp³-hybridized carbons (Fsp3) is 0.733. The standard InChI is InChI=1S/C15H24INO6/c1-9(18)5-6-10(11(19)20)17-12(21)14(2,3)7-8-15(4,16)13(22)23/h10H,5-8H2,1-4H3,(H,17,21)(H,19,20)(H,22,23)/t10-,15?/m0/s1. The SMILES string of the molecule is CC(=O)CC[C@H](NC(=O)C(C)(C)CCC(C)(I)C(=O)O)C(=O)O. The second kappa shape index (κ2) is 8.60. The molecule has 0 heterocycles. The van der Waals surface area contributed by atoms with Gasteiger partial charge in [-0.05, 0) is 33.1 Å². The summed E-state index contributed by atoms with van der Waals surface area (Å²) in [4.78, 5) is 45.6. The Morgan fingerprint density at radius 1 is 1.09 bits per heavy atom. The molecule has 0 bridgehead atoms. The summed E-state index contributed by atoms with van der Waals surface area (Å²) in [6.45, 7) is 6.20. The molecule has 0 rings (SSSR count). The van der Waals surface area contributed by atoms with E-state index in [-0.39, 0.29) is 25.0 Å². The number of ketones is 1. The van der Waals surface area contributed by atoms with Crippen LogP contribution < -0.4 is 5.32 Å². The molecule has 0 fully saturated rings. The molecule has 0 spiro atoms. The first-order valence-corrected chi connectivity index (χ1v) is 8.33. The Bertz CT molecular complexity index is 486. The average Bonchev–Trinajstić information content (AvgIpc) is 2.40. The largest absolute Gasteiger partial charge is 0.480 e. The fourth-order valence-electron chi connectivity index (χ4n) is 1.73. The van der Waals surface area contributed by atoms with Gasteiger partial charge in [0.15, 0.2) is 0 Å². The molecular formula is C15H24INO6. The van der Waals surface area contributed by atoms with E-state index in [1.165, 1.54) is 6.92 Å². The summed E-state index contributed by atoms with van der Waals surface area (Å²) >= 11 is 1.82. The van der Waals surface area contributed by atoms with Crippen molar-refractivity contribution < 1.29 is 29.4 Å². The quantitative estimate of drug-likeness (QED) is 0.352. The number of hydrogen-bond donors (Lipinski definition) is 3. The van der Waals surface area contributed by atoms with Gasteiger partial charge in [0.25, 0.3) is 0 Å². The summed E-state index contributed by atoms with van der Waals surface area (Å²) in [6.07, 6.45) is 0.673. The van der Waals surface area contributed by atoms with Crippen LogP contribution in [0.2, 0.25) is 0 Å². The zero-order valence-electron chi connectivity index (χ0n) is 13.8. The first kappa shape index (κ1) is 21.8. The van der Waals surface area contributed by atoms with Crippen LogP contribution in [-0.2, 0) is 19.2 Å². The van der Waals surface area contributed by atoms with Crippen molar-refractivity contribution in [3.63, 3.8) is 0 Å². The molecule has 0 aliphatic carbocycles. The van der Waals surface area contributed by atoms with Crippen molar-refractivity contribution in [2.24, 2.45) is 5.41 Å². The van der Waals surface area contributed by atoms with E-state index < -0.39 is 32.7 Å². The number of Topliss-reactive ketones (excluding diaryl/α,β-unsaturated/α-hetero) is 1. The second-order valence-electron chi connectivity index (χ2n) is 6.49. The lowest BCUT2D eigenvalue weighted by Crippen LogP contribution is -2.47. The molecule has 23 heavy (non-hydrogen) atoms. The van der Waals surface area contributed by atoms with Gasteiger partial charge in [-0.15, -0.1) is 0 Å². The molecule has 0 radical (unpaired) electrons. The molecule has 3 N–H and O–H groups in total. The maximum atomic E-state index is 12.3. The van der Waals surface area contributed by atoms with Gasteiger partial charge in [-0.1, -0.05) is 36.4 Å². The lowest BCUT2D eigenvalue weighted by Gasteiger charge is -2.28. The summed E-state index contributed by atoms with van der Waals surface area (Å²) < 4.78 is -0.990. The first-order valence-electron chi connectivity index (χ1n) is 7.25. The number of carboxylic acids is 2. The van der Waals surface area contributed by atoms with E-state index in [9.17, 15) is 19.2 Å². The Kier molecular flexibility index (Phi) is 8.16. The maximum absolute atomic E-state index is 12.3. The number of alkyl halides is 1. The molecule has 0 saturated carbocycles. The number of carbonyl (C=O) groups is 4. The highest BCUT2D eigenvalue weighted by Crippen LogP contribution is 2.32. The van der Waals surface area contributed by atoms with Gasteiger partial charge in [-0.2, -0.15) is 0 Å². The van der Waals surface area contributed by atoms with Gasteiger partial charge >= 0.3 is 11.9 Å². The Morgan fingerprint density at radius 3 is 2.00 bits per heavy atom. The fourth-order valence-corrected chi connectivity index (χ4v) is 2.00. The van der Waals surface area contributed by atoms with Crippen LogP contribution in [0.25, 0.3) is 0 Å². The van der Waals surface area contributed by atoms with E-state index in [4.69, 9.17) is 10.2 Å². The number of carbonyl (C=O) groups excluding carboxylic acids is 2. The molecule has 0 aliphatic rings. The van der Waals surface area contributed by atoms with Gasteiger partial charge in [0.2, 0.25) is 5.91 Å². The monoisotopic (exact) mass is 441 g/mol. The van der Waals surface area contributed by atoms with Crippen molar-refractivity contribution in [1.29, 1.82) is 0 Å². The zero-order chi connectivity index (χ0) is 18.4. The third kappa shape index (κ3) is 7.76. The third-order valence-electron chi connectivity index (χ3n) is 3.67. The van der Waals surface area contributed by atoms with Crippen LogP contribution in [0.3, 0.4) is 0 Å². The molecule has 2 atom stereocenters. The molecule has 1 amide bonds.